The minimum atomic E-state index is -0.539. The van der Waals surface area contributed by atoms with Crippen molar-refractivity contribution in [2.75, 3.05) is 44.6 Å². The lowest BCUT2D eigenvalue weighted by Gasteiger charge is -2.34. The fraction of sp³-hybridized carbons (Fsp3) is 0.471. The van der Waals surface area contributed by atoms with E-state index in [-0.39, 0.29) is 37.3 Å². The highest BCUT2D eigenvalue weighted by atomic mass is 19.1. The third kappa shape index (κ3) is 5.91. The molecule has 1 aromatic carbocycles. The van der Waals surface area contributed by atoms with Crippen molar-refractivity contribution < 1.29 is 23.5 Å². The van der Waals surface area contributed by atoms with E-state index in [1.165, 1.54) is 24.3 Å². The van der Waals surface area contributed by atoms with Crippen LogP contribution in [0.4, 0.5) is 19.7 Å². The Hall–Kier alpha value is -2.84. The third-order valence-electron chi connectivity index (χ3n) is 3.90. The second-order valence-electron chi connectivity index (χ2n) is 5.70. The molecule has 8 nitrogen and oxygen atoms in total. The molecule has 1 aliphatic heterocycles. The highest BCUT2D eigenvalue weighted by Gasteiger charge is 2.24. The summed E-state index contributed by atoms with van der Waals surface area (Å²) in [6.45, 7) is 3.86. The molecule has 1 aromatic rings. The Balaban J connectivity index is 1.70. The van der Waals surface area contributed by atoms with E-state index >= 15 is 0 Å². The normalized spacial score (nSPS) is 13.9. The number of urea groups is 1. The van der Waals surface area contributed by atoms with Gasteiger partial charge in [0.15, 0.2) is 0 Å². The summed E-state index contributed by atoms with van der Waals surface area (Å²) in [5.41, 5.74) is 0.514. The van der Waals surface area contributed by atoms with Crippen LogP contribution < -0.4 is 10.6 Å². The summed E-state index contributed by atoms with van der Waals surface area (Å²) in [6.07, 6.45) is -0.358. The van der Waals surface area contributed by atoms with E-state index in [4.69, 9.17) is 4.74 Å². The minimum absolute atomic E-state index is 0.0830. The number of nitrogens with zero attached hydrogens (tertiary/aromatic N) is 2. The van der Waals surface area contributed by atoms with E-state index in [0.717, 1.165) is 0 Å². The molecule has 0 bridgehead atoms. The van der Waals surface area contributed by atoms with E-state index in [0.29, 0.717) is 31.9 Å². The van der Waals surface area contributed by atoms with E-state index in [9.17, 15) is 18.8 Å². The number of amides is 4. The Morgan fingerprint density at radius 3 is 2.31 bits per heavy atom. The highest BCUT2D eigenvalue weighted by Crippen LogP contribution is 2.11. The van der Waals surface area contributed by atoms with Crippen LogP contribution in [0, 0.1) is 5.82 Å². The van der Waals surface area contributed by atoms with Crippen molar-refractivity contribution in [2.45, 2.75) is 13.3 Å². The number of hydrogen-bond acceptors (Lipinski definition) is 4. The molecule has 9 heteroatoms. The van der Waals surface area contributed by atoms with Crippen molar-refractivity contribution in [3.63, 3.8) is 0 Å². The zero-order chi connectivity index (χ0) is 18.9. The molecule has 1 saturated heterocycles. The monoisotopic (exact) mass is 366 g/mol. The molecule has 0 aromatic heterocycles. The number of alkyl carbamates (subject to hydrolysis) is 1. The predicted octanol–water partition coefficient (Wildman–Crippen LogP) is 1.64. The summed E-state index contributed by atoms with van der Waals surface area (Å²) in [7, 11) is 0. The number of carbonyl (C=O) groups is 3. The van der Waals surface area contributed by atoms with E-state index < -0.39 is 6.09 Å². The zero-order valence-corrected chi connectivity index (χ0v) is 14.7. The second kappa shape index (κ2) is 9.59. The molecule has 26 heavy (non-hydrogen) atoms. The Kier molecular flexibility index (Phi) is 7.19. The van der Waals surface area contributed by atoms with Gasteiger partial charge in [0.1, 0.15) is 5.82 Å². The molecule has 0 unspecified atom stereocenters. The average molecular weight is 366 g/mol. The Morgan fingerprint density at radius 2 is 1.69 bits per heavy atom. The summed E-state index contributed by atoms with van der Waals surface area (Å²) >= 11 is 0. The van der Waals surface area contributed by atoms with Crippen molar-refractivity contribution in [2.24, 2.45) is 0 Å². The molecule has 0 radical (unpaired) electrons. The first-order valence-electron chi connectivity index (χ1n) is 8.49. The number of rotatable bonds is 5. The number of halogens is 1. The number of carbonyl (C=O) groups excluding carboxylic acids is 3. The Bertz CT molecular complexity index is 630. The van der Waals surface area contributed by atoms with Crippen molar-refractivity contribution in [3.05, 3.63) is 30.1 Å². The van der Waals surface area contributed by atoms with Crippen LogP contribution in [0.2, 0.25) is 0 Å². The molecule has 4 amide bonds. The van der Waals surface area contributed by atoms with Crippen molar-refractivity contribution in [1.29, 1.82) is 0 Å². The van der Waals surface area contributed by atoms with E-state index in [1.54, 1.807) is 16.7 Å². The van der Waals surface area contributed by atoms with E-state index in [2.05, 4.69) is 10.6 Å². The summed E-state index contributed by atoms with van der Waals surface area (Å²) < 4.78 is 17.6. The van der Waals surface area contributed by atoms with Crippen LogP contribution in [-0.4, -0.2) is 67.2 Å². The quantitative estimate of drug-likeness (QED) is 0.829. The van der Waals surface area contributed by atoms with Gasteiger partial charge < -0.3 is 25.2 Å². The predicted molar refractivity (Wildman–Crippen MR) is 93.2 cm³/mol. The summed E-state index contributed by atoms with van der Waals surface area (Å²) in [6, 6.07) is 5.24. The number of anilines is 1. The van der Waals surface area contributed by atoms with Crippen LogP contribution in [0.3, 0.4) is 0 Å². The van der Waals surface area contributed by atoms with Crippen LogP contribution in [0.15, 0.2) is 24.3 Å². The van der Waals surface area contributed by atoms with Crippen LogP contribution >= 0.6 is 0 Å². The number of ether oxygens (including phenoxy) is 1. The number of hydrogen-bond donors (Lipinski definition) is 2. The zero-order valence-electron chi connectivity index (χ0n) is 14.7. The standard InChI is InChI=1S/C17H23FN4O4/c1-2-26-17(25)19-8-7-15(23)21-9-11-22(12-10-21)16(24)20-14-5-3-13(18)4-6-14/h3-6H,2,7-12H2,1H3,(H,19,25)(H,20,24). The lowest BCUT2D eigenvalue weighted by molar-refractivity contribution is -0.132. The average Bonchev–Trinajstić information content (AvgIpc) is 2.64. The molecule has 0 saturated carbocycles. The Labute approximate surface area is 151 Å². The van der Waals surface area contributed by atoms with Gasteiger partial charge in [-0.05, 0) is 31.2 Å². The smallest absolute Gasteiger partial charge is 0.407 e. The van der Waals surface area contributed by atoms with Gasteiger partial charge in [0.05, 0.1) is 6.61 Å². The molecule has 1 heterocycles. The molecule has 2 N–H and O–H groups in total. The number of benzene rings is 1. The Morgan fingerprint density at radius 1 is 1.08 bits per heavy atom. The first-order chi connectivity index (χ1) is 12.5. The molecule has 0 spiro atoms. The second-order valence-corrected chi connectivity index (χ2v) is 5.70. The van der Waals surface area contributed by atoms with Crippen LogP contribution in [0.5, 0.6) is 0 Å². The largest absolute Gasteiger partial charge is 0.450 e. The summed E-state index contributed by atoms with van der Waals surface area (Å²) in [4.78, 5) is 38.7. The molecular formula is C17H23FN4O4. The first-order valence-corrected chi connectivity index (χ1v) is 8.49. The van der Waals surface area contributed by atoms with Gasteiger partial charge in [0.25, 0.3) is 0 Å². The lowest BCUT2D eigenvalue weighted by atomic mass is 10.2. The van der Waals surface area contributed by atoms with Crippen molar-refractivity contribution in [3.8, 4) is 0 Å². The van der Waals surface area contributed by atoms with Gasteiger partial charge >= 0.3 is 12.1 Å². The van der Waals surface area contributed by atoms with Gasteiger partial charge in [-0.3, -0.25) is 4.79 Å². The molecular weight excluding hydrogens is 343 g/mol. The van der Waals surface area contributed by atoms with Gasteiger partial charge in [-0.25, -0.2) is 14.0 Å². The van der Waals surface area contributed by atoms with Gasteiger partial charge in [0.2, 0.25) is 5.91 Å². The van der Waals surface area contributed by atoms with Gasteiger partial charge in [-0.2, -0.15) is 0 Å². The maximum atomic E-state index is 12.9. The SMILES string of the molecule is CCOC(=O)NCCC(=O)N1CCN(C(=O)Nc2ccc(F)cc2)CC1. The maximum absolute atomic E-state index is 12.9. The lowest BCUT2D eigenvalue weighted by Crippen LogP contribution is -2.52. The topological polar surface area (TPSA) is 91.0 Å². The van der Waals surface area contributed by atoms with E-state index in [1.807, 2.05) is 0 Å². The summed E-state index contributed by atoms with van der Waals surface area (Å²) in [5, 5.41) is 5.20. The van der Waals surface area contributed by atoms with Crippen molar-refractivity contribution in [1.82, 2.24) is 15.1 Å². The summed E-state index contributed by atoms with van der Waals surface area (Å²) in [5.74, 6) is -0.451. The minimum Gasteiger partial charge on any atom is -0.450 e. The first kappa shape index (κ1) is 19.5. The van der Waals surface area contributed by atoms with Gasteiger partial charge in [0, 0.05) is 44.8 Å². The van der Waals surface area contributed by atoms with Crippen LogP contribution in [0.25, 0.3) is 0 Å². The maximum Gasteiger partial charge on any atom is 0.407 e. The third-order valence-corrected chi connectivity index (χ3v) is 3.90. The molecule has 0 atom stereocenters. The molecule has 1 aliphatic rings. The van der Waals surface area contributed by atoms with Gasteiger partial charge in [-0.15, -0.1) is 0 Å². The fourth-order valence-corrected chi connectivity index (χ4v) is 2.51. The van der Waals surface area contributed by atoms with Crippen LogP contribution in [-0.2, 0) is 9.53 Å². The fourth-order valence-electron chi connectivity index (χ4n) is 2.51. The number of piperazine rings is 1. The molecule has 142 valence electrons. The van der Waals surface area contributed by atoms with Crippen molar-refractivity contribution >= 4 is 23.7 Å². The highest BCUT2D eigenvalue weighted by molar-refractivity contribution is 5.89. The number of nitrogens with one attached hydrogen (secondary N) is 2. The molecule has 1 fully saturated rings. The molecule has 2 rings (SSSR count). The van der Waals surface area contributed by atoms with Crippen LogP contribution in [0.1, 0.15) is 13.3 Å². The molecule has 0 aliphatic carbocycles. The van der Waals surface area contributed by atoms with Gasteiger partial charge in [-0.1, -0.05) is 0 Å².